The average molecular weight is 1120 g/mol. The van der Waals surface area contributed by atoms with Crippen molar-refractivity contribution in [1.29, 1.82) is 0 Å². The van der Waals surface area contributed by atoms with Crippen LogP contribution in [0.25, 0.3) is 22.3 Å². The van der Waals surface area contributed by atoms with Gasteiger partial charge in [-0.25, -0.2) is 0 Å². The van der Waals surface area contributed by atoms with Gasteiger partial charge >= 0.3 is 0 Å². The van der Waals surface area contributed by atoms with Gasteiger partial charge in [0.15, 0.2) is 6.23 Å². The molecule has 4 aromatic carbocycles. The van der Waals surface area contributed by atoms with Crippen LogP contribution < -0.4 is 31.3 Å². The number of aryl methyl sites for hydroxylation is 1. The first-order chi connectivity index (χ1) is 38.9. The second-order valence-corrected chi connectivity index (χ2v) is 21.6. The Morgan fingerprint density at radius 2 is 1.27 bits per heavy atom. The van der Waals surface area contributed by atoms with Gasteiger partial charge < -0.3 is 61.0 Å². The third-order valence-corrected chi connectivity index (χ3v) is 14.8. The molecule has 0 bridgehead atoms. The molecule has 2 aliphatic rings. The SMILES string of the molecule is CCCCCOc1ccc(-c2ccc(-c3ccc(C(=O)NCC(=O)NC(CC)C(=O)N4CCCC4C(=O)NC(CCc4ccc(O)cc4)C(=O)NC(CC)C(=O)N4C[C@H](C)CC4C(=O)NC(OCCN(C)C)[C@@H](C)O)cc3)cc2)cc1. The Bertz CT molecular complexity index is 2700. The van der Waals surface area contributed by atoms with Gasteiger partial charge in [-0.1, -0.05) is 101 Å². The molecule has 0 aliphatic carbocycles. The van der Waals surface area contributed by atoms with Crippen LogP contribution in [0.1, 0.15) is 108 Å². The van der Waals surface area contributed by atoms with Gasteiger partial charge in [-0.2, -0.15) is 0 Å². The minimum Gasteiger partial charge on any atom is -0.508 e. The normalized spacial score (nSPS) is 17.8. The predicted octanol–water partition coefficient (Wildman–Crippen LogP) is 5.56. The zero-order valence-corrected chi connectivity index (χ0v) is 48.1. The molecule has 0 saturated carbocycles. The molecular formula is C62H84N8O11. The second kappa shape index (κ2) is 31.0. The number of nitrogens with one attached hydrogen (secondary N) is 5. The number of phenols is 1. The lowest BCUT2D eigenvalue weighted by atomic mass is 9.99. The van der Waals surface area contributed by atoms with Gasteiger partial charge in [-0.15, -0.1) is 0 Å². The molecule has 2 heterocycles. The van der Waals surface area contributed by atoms with E-state index in [1.807, 2.05) is 86.6 Å². The van der Waals surface area contributed by atoms with E-state index in [1.54, 1.807) is 38.1 Å². The summed E-state index contributed by atoms with van der Waals surface area (Å²) in [6.45, 7) is 10.6. The van der Waals surface area contributed by atoms with Crippen LogP contribution >= 0.6 is 0 Å². The summed E-state index contributed by atoms with van der Waals surface area (Å²) in [6, 6.07) is 24.6. The number of likely N-dealkylation sites (tertiary alicyclic amines) is 2. The Labute approximate surface area is 476 Å². The summed E-state index contributed by atoms with van der Waals surface area (Å²) in [6.07, 6.45) is 3.17. The lowest BCUT2D eigenvalue weighted by Gasteiger charge is -2.31. The van der Waals surface area contributed by atoms with Crippen molar-refractivity contribution >= 4 is 41.4 Å². The number of unbranched alkanes of at least 4 members (excludes halogenated alkanes) is 2. The van der Waals surface area contributed by atoms with Gasteiger partial charge in [0.25, 0.3) is 5.91 Å². The van der Waals surface area contributed by atoms with Crippen molar-refractivity contribution in [1.82, 2.24) is 41.3 Å². The molecule has 19 heteroatoms. The van der Waals surface area contributed by atoms with Gasteiger partial charge in [0.05, 0.1) is 25.9 Å². The van der Waals surface area contributed by atoms with Crippen LogP contribution in [-0.2, 0) is 39.9 Å². The Hall–Kier alpha value is -7.35. The van der Waals surface area contributed by atoms with Crippen LogP contribution in [0.15, 0.2) is 97.1 Å². The molecule has 0 spiro atoms. The van der Waals surface area contributed by atoms with E-state index in [0.29, 0.717) is 44.4 Å². The Morgan fingerprint density at radius 1 is 0.691 bits per heavy atom. The lowest BCUT2D eigenvalue weighted by Crippen LogP contribution is -2.59. The number of phenolic OH excluding ortho intramolecular Hbond substituents is 1. The fraction of sp³-hybridized carbons (Fsp3) is 0.500. The highest BCUT2D eigenvalue weighted by atomic mass is 16.5. The molecular weight excluding hydrogens is 1030 g/mol. The molecule has 6 rings (SSSR count). The number of benzene rings is 4. The molecule has 2 saturated heterocycles. The van der Waals surface area contributed by atoms with E-state index >= 15 is 0 Å². The van der Waals surface area contributed by atoms with Crippen molar-refractivity contribution in [2.75, 3.05) is 53.5 Å². The number of ether oxygens (including phenoxy) is 2. The standard InChI is InChI=1S/C62H84N8O11/c1-8-11-12-35-80-49-30-26-46(27-31-49)44-20-18-43(19-21-44)45-22-24-47(25-23-45)56(74)63-38-55(73)64-50(9-2)61(78)69-33-13-14-53(69)58(76)66-52(32-17-42-15-28-48(72)29-16-42)57(75)65-51(10-3)62(79)70-39-40(4)37-54(70)59(77)67-60(41(5)71)81-36-34-68(6)7/h15-16,18-31,40-41,50-54,60,71-72H,8-14,17,32-39H2,1-7H3,(H,63,74)(H,64,73)(H,65,75)(H,66,76)(H,67,77)/t40-,41-,50?,51?,52?,53?,54?,60?/m1/s1. The third kappa shape index (κ3) is 18.3. The molecule has 6 unspecified atom stereocenters. The molecule has 8 atom stereocenters. The Balaban J connectivity index is 1.03. The second-order valence-electron chi connectivity index (χ2n) is 21.6. The maximum absolute atomic E-state index is 14.3. The Morgan fingerprint density at radius 3 is 1.86 bits per heavy atom. The van der Waals surface area contributed by atoms with Crippen LogP contribution in [-0.4, -0.2) is 162 Å². The molecule has 438 valence electrons. The van der Waals surface area contributed by atoms with E-state index in [4.69, 9.17) is 9.47 Å². The summed E-state index contributed by atoms with van der Waals surface area (Å²) in [5.74, 6) is -2.88. The molecule has 7 N–H and O–H groups in total. The van der Waals surface area contributed by atoms with Crippen LogP contribution in [0.4, 0.5) is 0 Å². The number of aliphatic hydroxyl groups is 1. The minimum atomic E-state index is -1.17. The summed E-state index contributed by atoms with van der Waals surface area (Å²) in [4.78, 5) is 102. The van der Waals surface area contributed by atoms with Crippen LogP contribution in [0.5, 0.6) is 11.5 Å². The van der Waals surface area contributed by atoms with Crippen molar-refractivity contribution in [3.63, 3.8) is 0 Å². The highest BCUT2D eigenvalue weighted by Gasteiger charge is 2.43. The van der Waals surface area contributed by atoms with E-state index < -0.39 is 90.4 Å². The summed E-state index contributed by atoms with van der Waals surface area (Å²) >= 11 is 0. The summed E-state index contributed by atoms with van der Waals surface area (Å²) in [5.41, 5.74) is 5.13. The maximum atomic E-state index is 14.3. The molecule has 2 fully saturated rings. The summed E-state index contributed by atoms with van der Waals surface area (Å²) in [5, 5.41) is 34.1. The molecule has 81 heavy (non-hydrogen) atoms. The number of rotatable bonds is 29. The number of carbonyl (C=O) groups is 7. The minimum absolute atomic E-state index is 0.0457. The first kappa shape index (κ1) is 62.8. The van der Waals surface area contributed by atoms with E-state index in [1.165, 1.54) is 28.9 Å². The quantitative estimate of drug-likeness (QED) is 0.0261. The smallest absolute Gasteiger partial charge is 0.251 e. The first-order valence-corrected chi connectivity index (χ1v) is 28.6. The number of carbonyl (C=O) groups excluding carboxylic acids is 7. The van der Waals surface area contributed by atoms with Crippen molar-refractivity contribution in [2.45, 2.75) is 141 Å². The van der Waals surface area contributed by atoms with Crippen LogP contribution in [0.3, 0.4) is 0 Å². The lowest BCUT2D eigenvalue weighted by molar-refractivity contribution is -0.145. The molecule has 2 aliphatic heterocycles. The molecule has 4 aromatic rings. The number of nitrogens with zero attached hydrogens (tertiary/aromatic N) is 3. The largest absolute Gasteiger partial charge is 0.508 e. The number of aliphatic hydroxyl groups excluding tert-OH is 1. The van der Waals surface area contributed by atoms with Crippen LogP contribution in [0.2, 0.25) is 0 Å². The summed E-state index contributed by atoms with van der Waals surface area (Å²) in [7, 11) is 3.75. The van der Waals surface area contributed by atoms with E-state index in [-0.39, 0.29) is 50.6 Å². The highest BCUT2D eigenvalue weighted by molar-refractivity contribution is 5.99. The van der Waals surface area contributed by atoms with Gasteiger partial charge in [-0.3, -0.25) is 33.6 Å². The predicted molar refractivity (Wildman–Crippen MR) is 310 cm³/mol. The topological polar surface area (TPSA) is 248 Å². The van der Waals surface area contributed by atoms with Gasteiger partial charge in [0, 0.05) is 25.2 Å². The molecule has 19 nitrogen and oxygen atoms in total. The van der Waals surface area contributed by atoms with Crippen molar-refractivity contribution in [3.8, 4) is 33.8 Å². The van der Waals surface area contributed by atoms with Crippen molar-refractivity contribution < 1.29 is 53.2 Å². The Kier molecular flexibility index (Phi) is 24.1. The van der Waals surface area contributed by atoms with E-state index in [9.17, 15) is 43.8 Å². The fourth-order valence-electron chi connectivity index (χ4n) is 10.1. The number of aromatic hydroxyl groups is 1. The molecule has 0 aromatic heterocycles. The van der Waals surface area contributed by atoms with Gasteiger partial charge in [0.2, 0.25) is 35.4 Å². The number of hydrogen-bond acceptors (Lipinski definition) is 12. The zero-order chi connectivity index (χ0) is 58.6. The third-order valence-electron chi connectivity index (χ3n) is 14.8. The van der Waals surface area contributed by atoms with Crippen LogP contribution in [0, 0.1) is 5.92 Å². The zero-order valence-electron chi connectivity index (χ0n) is 48.1. The fourth-order valence-corrected chi connectivity index (χ4v) is 10.1. The summed E-state index contributed by atoms with van der Waals surface area (Å²) < 4.78 is 11.6. The van der Waals surface area contributed by atoms with Crippen molar-refractivity contribution in [2.24, 2.45) is 5.92 Å². The number of amides is 7. The first-order valence-electron chi connectivity index (χ1n) is 28.6. The number of likely N-dealkylation sites (N-methyl/N-ethyl adjacent to an activating group) is 1. The van der Waals surface area contributed by atoms with E-state index in [2.05, 4.69) is 33.5 Å². The van der Waals surface area contributed by atoms with Crippen molar-refractivity contribution in [3.05, 3.63) is 108 Å². The van der Waals surface area contributed by atoms with E-state index in [0.717, 1.165) is 52.8 Å². The monoisotopic (exact) mass is 1120 g/mol. The average Bonchev–Trinajstić information content (AvgIpc) is 4.19. The maximum Gasteiger partial charge on any atom is 0.251 e. The number of hydrogen-bond donors (Lipinski definition) is 7. The van der Waals surface area contributed by atoms with Gasteiger partial charge in [-0.05, 0) is 143 Å². The van der Waals surface area contributed by atoms with Gasteiger partial charge in [0.1, 0.15) is 41.7 Å². The molecule has 7 amide bonds. The molecule has 0 radical (unpaired) electrons. The highest BCUT2D eigenvalue weighted by Crippen LogP contribution is 2.28.